The summed E-state index contributed by atoms with van der Waals surface area (Å²) in [7, 11) is 0. The number of aliphatic carboxylic acids is 1. The molecule has 1 aliphatic heterocycles. The van der Waals surface area contributed by atoms with Crippen molar-refractivity contribution in [3.8, 4) is 5.75 Å². The number of allylic oxidation sites excluding steroid dienone is 3. The Labute approximate surface area is 129 Å². The second-order valence-electron chi connectivity index (χ2n) is 5.31. The average molecular weight is 301 g/mol. The second kappa shape index (κ2) is 6.47. The summed E-state index contributed by atoms with van der Waals surface area (Å²) in [5.41, 5.74) is 1.32. The fraction of sp³-hybridized carbons (Fsp3) is 0.294. The molecule has 1 aliphatic rings. The van der Waals surface area contributed by atoms with E-state index in [1.165, 1.54) is 23.1 Å². The first-order valence-electron chi connectivity index (χ1n) is 7.12. The van der Waals surface area contributed by atoms with Gasteiger partial charge in [-0.3, -0.25) is 4.79 Å². The minimum absolute atomic E-state index is 0.00332. The van der Waals surface area contributed by atoms with E-state index >= 15 is 0 Å². The third kappa shape index (κ3) is 3.03. The molecule has 0 saturated heterocycles. The lowest BCUT2D eigenvalue weighted by molar-refractivity contribution is -0.151. The number of amides is 1. The Morgan fingerprint density at radius 2 is 2.05 bits per heavy atom. The third-order valence-corrected chi connectivity index (χ3v) is 3.72. The zero-order valence-corrected chi connectivity index (χ0v) is 12.6. The summed E-state index contributed by atoms with van der Waals surface area (Å²) in [4.78, 5) is 25.4. The summed E-state index contributed by atoms with van der Waals surface area (Å²) in [5, 5.41) is 19.2. The molecule has 1 aromatic rings. The van der Waals surface area contributed by atoms with E-state index in [0.29, 0.717) is 12.0 Å². The normalized spacial score (nSPS) is 21.3. The number of benzene rings is 1. The smallest absolute Gasteiger partial charge is 0.331 e. The van der Waals surface area contributed by atoms with Crippen LogP contribution < -0.4 is 0 Å². The third-order valence-electron chi connectivity index (χ3n) is 3.72. The Morgan fingerprint density at radius 1 is 1.32 bits per heavy atom. The van der Waals surface area contributed by atoms with Gasteiger partial charge in [-0.2, -0.15) is 0 Å². The number of carboxylic acid groups (broad SMARTS) is 1. The molecule has 0 fully saturated rings. The number of hydrogen-bond acceptors (Lipinski definition) is 3. The first-order valence-corrected chi connectivity index (χ1v) is 7.12. The molecule has 116 valence electrons. The molecule has 5 nitrogen and oxygen atoms in total. The monoisotopic (exact) mass is 301 g/mol. The van der Waals surface area contributed by atoms with Gasteiger partial charge in [0.2, 0.25) is 5.91 Å². The van der Waals surface area contributed by atoms with Gasteiger partial charge in [0.05, 0.1) is 0 Å². The van der Waals surface area contributed by atoms with Crippen molar-refractivity contribution in [1.29, 1.82) is 0 Å². The zero-order valence-electron chi connectivity index (χ0n) is 12.6. The number of hydrogen-bond donors (Lipinski definition) is 2. The summed E-state index contributed by atoms with van der Waals surface area (Å²) in [6.07, 6.45) is 7.00. The van der Waals surface area contributed by atoms with Crippen LogP contribution in [0.4, 0.5) is 0 Å². The first-order chi connectivity index (χ1) is 10.5. The van der Waals surface area contributed by atoms with Gasteiger partial charge in [0.15, 0.2) is 6.04 Å². The molecule has 0 aromatic heterocycles. The number of carbonyl (C=O) groups is 2. The average Bonchev–Trinajstić information content (AvgIpc) is 2.46. The van der Waals surface area contributed by atoms with Crippen molar-refractivity contribution in [3.63, 3.8) is 0 Å². The number of phenols is 1. The van der Waals surface area contributed by atoms with Gasteiger partial charge >= 0.3 is 5.97 Å². The van der Waals surface area contributed by atoms with Crippen molar-refractivity contribution in [2.24, 2.45) is 0 Å². The fourth-order valence-corrected chi connectivity index (χ4v) is 2.78. The summed E-state index contributed by atoms with van der Waals surface area (Å²) in [6.45, 7) is 3.66. The van der Waals surface area contributed by atoms with Crippen molar-refractivity contribution in [2.75, 3.05) is 0 Å². The molecule has 0 bridgehead atoms. The van der Waals surface area contributed by atoms with Gasteiger partial charge in [-0.15, -0.1) is 0 Å². The van der Waals surface area contributed by atoms with Crippen molar-refractivity contribution >= 4 is 11.9 Å². The fourth-order valence-electron chi connectivity index (χ4n) is 2.78. The van der Waals surface area contributed by atoms with Gasteiger partial charge in [-0.05, 0) is 43.5 Å². The maximum absolute atomic E-state index is 12.4. The Hall–Kier alpha value is -2.56. The van der Waals surface area contributed by atoms with Crippen LogP contribution in [0.25, 0.3) is 0 Å². The van der Waals surface area contributed by atoms with Gasteiger partial charge in [-0.1, -0.05) is 24.3 Å². The van der Waals surface area contributed by atoms with Crippen LogP contribution in [0.5, 0.6) is 5.75 Å². The highest BCUT2D eigenvalue weighted by Gasteiger charge is 2.39. The number of aromatic hydroxyl groups is 1. The van der Waals surface area contributed by atoms with E-state index in [1.807, 2.05) is 13.8 Å². The van der Waals surface area contributed by atoms with E-state index in [9.17, 15) is 19.8 Å². The van der Waals surface area contributed by atoms with E-state index in [4.69, 9.17) is 0 Å². The second-order valence-corrected chi connectivity index (χ2v) is 5.31. The van der Waals surface area contributed by atoms with E-state index in [2.05, 4.69) is 0 Å². The lowest BCUT2D eigenvalue weighted by atomic mass is 9.88. The van der Waals surface area contributed by atoms with Crippen LogP contribution in [-0.4, -0.2) is 33.0 Å². The molecule has 0 saturated carbocycles. The zero-order chi connectivity index (χ0) is 16.3. The molecule has 1 unspecified atom stereocenters. The van der Waals surface area contributed by atoms with E-state index in [0.717, 1.165) is 5.56 Å². The standard InChI is InChI=1S/C17H19NO4/c1-3-4-5-6-15(20)18-11(2)9-12-7-8-13(19)10-14(12)16(18)17(21)22/h3-8,10-11,16,19H,9H2,1-2H3,(H,21,22)/t11-,16?/m0/s1. The molecule has 1 aromatic carbocycles. The van der Waals surface area contributed by atoms with Crippen LogP contribution in [0.3, 0.4) is 0 Å². The first kappa shape index (κ1) is 15.8. The van der Waals surface area contributed by atoms with Gasteiger partial charge in [0, 0.05) is 12.1 Å². The summed E-state index contributed by atoms with van der Waals surface area (Å²) >= 11 is 0. The topological polar surface area (TPSA) is 77.8 Å². The van der Waals surface area contributed by atoms with Crippen LogP contribution in [-0.2, 0) is 16.0 Å². The van der Waals surface area contributed by atoms with Gasteiger partial charge in [-0.25, -0.2) is 4.79 Å². The molecule has 1 amide bonds. The number of fused-ring (bicyclic) bond motifs is 1. The number of carbonyl (C=O) groups excluding carboxylic acids is 1. The number of nitrogens with zero attached hydrogens (tertiary/aromatic N) is 1. The molecule has 5 heteroatoms. The lowest BCUT2D eigenvalue weighted by Gasteiger charge is -2.39. The molecular formula is C17H19NO4. The highest BCUT2D eigenvalue weighted by molar-refractivity contribution is 5.92. The SMILES string of the molecule is CC=CC=CC(=O)N1C(C(=O)O)c2cc(O)ccc2C[C@@H]1C. The van der Waals surface area contributed by atoms with E-state index in [1.54, 1.807) is 24.3 Å². The predicted molar refractivity (Wildman–Crippen MR) is 82.4 cm³/mol. The molecule has 2 rings (SSSR count). The minimum Gasteiger partial charge on any atom is -0.508 e. The molecule has 0 spiro atoms. The van der Waals surface area contributed by atoms with Crippen LogP contribution in [0.2, 0.25) is 0 Å². The van der Waals surface area contributed by atoms with Crippen molar-refractivity contribution in [2.45, 2.75) is 32.4 Å². The molecule has 2 atom stereocenters. The summed E-state index contributed by atoms with van der Waals surface area (Å²) in [6, 6.07) is 3.35. The Kier molecular flexibility index (Phi) is 4.65. The Bertz CT molecular complexity index is 648. The van der Waals surface area contributed by atoms with Crippen LogP contribution in [0.15, 0.2) is 42.5 Å². The molecule has 2 N–H and O–H groups in total. The van der Waals surface area contributed by atoms with Gasteiger partial charge in [0.1, 0.15) is 5.75 Å². The molecule has 1 heterocycles. The molecule has 0 aliphatic carbocycles. The molecular weight excluding hydrogens is 282 g/mol. The highest BCUT2D eigenvalue weighted by atomic mass is 16.4. The Morgan fingerprint density at radius 3 is 2.68 bits per heavy atom. The largest absolute Gasteiger partial charge is 0.508 e. The number of phenolic OH excluding ortho intramolecular Hbond substituents is 1. The number of rotatable bonds is 3. The van der Waals surface area contributed by atoms with E-state index < -0.39 is 12.0 Å². The van der Waals surface area contributed by atoms with Crippen molar-refractivity contribution in [3.05, 3.63) is 53.6 Å². The van der Waals surface area contributed by atoms with Gasteiger partial charge in [0.25, 0.3) is 0 Å². The molecule has 0 radical (unpaired) electrons. The Balaban J connectivity index is 2.45. The minimum atomic E-state index is -1.11. The lowest BCUT2D eigenvalue weighted by Crippen LogP contribution is -2.48. The van der Waals surface area contributed by atoms with Crippen molar-refractivity contribution in [1.82, 2.24) is 4.90 Å². The van der Waals surface area contributed by atoms with Crippen molar-refractivity contribution < 1.29 is 19.8 Å². The highest BCUT2D eigenvalue weighted by Crippen LogP contribution is 2.35. The number of carboxylic acids is 1. The van der Waals surface area contributed by atoms with Crippen LogP contribution >= 0.6 is 0 Å². The maximum Gasteiger partial charge on any atom is 0.331 e. The molecule has 22 heavy (non-hydrogen) atoms. The van der Waals surface area contributed by atoms with E-state index in [-0.39, 0.29) is 17.7 Å². The van der Waals surface area contributed by atoms with Crippen LogP contribution in [0.1, 0.15) is 31.0 Å². The van der Waals surface area contributed by atoms with Gasteiger partial charge < -0.3 is 15.1 Å². The summed E-state index contributed by atoms with van der Waals surface area (Å²) in [5.74, 6) is -1.46. The maximum atomic E-state index is 12.4. The van der Waals surface area contributed by atoms with Crippen LogP contribution in [0, 0.1) is 0 Å². The summed E-state index contributed by atoms with van der Waals surface area (Å²) < 4.78 is 0. The quantitative estimate of drug-likeness (QED) is 0.664. The predicted octanol–water partition coefficient (Wildman–Crippen LogP) is 2.42.